The van der Waals surface area contributed by atoms with Crippen molar-refractivity contribution in [2.24, 2.45) is 0 Å². The van der Waals surface area contributed by atoms with Gasteiger partial charge in [-0.1, -0.05) is 12.1 Å². The van der Waals surface area contributed by atoms with Crippen LogP contribution < -0.4 is 10.1 Å². The molecule has 0 saturated carbocycles. The van der Waals surface area contributed by atoms with E-state index in [2.05, 4.69) is 5.32 Å². The van der Waals surface area contributed by atoms with Crippen molar-refractivity contribution in [1.82, 2.24) is 10.2 Å². The summed E-state index contributed by atoms with van der Waals surface area (Å²) in [5.74, 6) is 0.825. The largest absolute Gasteiger partial charge is 0.497 e. The van der Waals surface area contributed by atoms with Crippen LogP contribution >= 0.6 is 0 Å². The molecule has 104 valence electrons. The molecule has 0 bridgehead atoms. The Morgan fingerprint density at radius 3 is 2.68 bits per heavy atom. The first-order chi connectivity index (χ1) is 9.10. The third-order valence-corrected chi connectivity index (χ3v) is 3.36. The summed E-state index contributed by atoms with van der Waals surface area (Å²) in [6.45, 7) is 1.05. The summed E-state index contributed by atoms with van der Waals surface area (Å²) in [4.78, 5) is 13.8. The second-order valence-corrected chi connectivity index (χ2v) is 4.89. The Hall–Kier alpha value is -1.59. The molecule has 1 aromatic rings. The van der Waals surface area contributed by atoms with E-state index in [0.717, 1.165) is 11.3 Å². The molecule has 5 nitrogen and oxygen atoms in total. The fourth-order valence-corrected chi connectivity index (χ4v) is 2.25. The van der Waals surface area contributed by atoms with Gasteiger partial charge in [0.2, 0.25) is 5.91 Å². The van der Waals surface area contributed by atoms with E-state index in [-0.39, 0.29) is 11.9 Å². The number of hydrogen-bond acceptors (Lipinski definition) is 4. The fraction of sp³-hybridized carbons (Fsp3) is 0.500. The molecule has 0 spiro atoms. The second-order valence-electron chi connectivity index (χ2n) is 4.89. The van der Waals surface area contributed by atoms with Crippen molar-refractivity contribution in [2.45, 2.75) is 25.1 Å². The predicted molar refractivity (Wildman–Crippen MR) is 71.9 cm³/mol. The Bertz CT molecular complexity index is 433. The van der Waals surface area contributed by atoms with Crippen molar-refractivity contribution in [3.8, 4) is 5.75 Å². The Morgan fingerprint density at radius 2 is 2.16 bits per heavy atom. The van der Waals surface area contributed by atoms with Crippen LogP contribution in [0.25, 0.3) is 0 Å². The highest BCUT2D eigenvalue weighted by atomic mass is 16.5. The number of amides is 1. The molecule has 2 atom stereocenters. The zero-order chi connectivity index (χ0) is 13.8. The Labute approximate surface area is 113 Å². The number of ether oxygens (including phenoxy) is 1. The molecular formula is C14H20N2O3. The lowest BCUT2D eigenvalue weighted by molar-refractivity contribution is -0.132. The van der Waals surface area contributed by atoms with Gasteiger partial charge in [0.25, 0.3) is 0 Å². The van der Waals surface area contributed by atoms with Gasteiger partial charge in [-0.3, -0.25) is 4.79 Å². The lowest BCUT2D eigenvalue weighted by Gasteiger charge is -2.21. The Morgan fingerprint density at radius 1 is 1.47 bits per heavy atom. The number of hydrogen-bond donors (Lipinski definition) is 2. The van der Waals surface area contributed by atoms with Gasteiger partial charge in [-0.15, -0.1) is 0 Å². The van der Waals surface area contributed by atoms with Crippen LogP contribution in [0.5, 0.6) is 5.75 Å². The minimum absolute atomic E-state index is 0.0207. The van der Waals surface area contributed by atoms with Crippen molar-refractivity contribution in [3.05, 3.63) is 29.8 Å². The van der Waals surface area contributed by atoms with Gasteiger partial charge in [-0.05, 0) is 24.1 Å². The molecule has 1 aliphatic rings. The zero-order valence-corrected chi connectivity index (χ0v) is 11.3. The van der Waals surface area contributed by atoms with Crippen LogP contribution in [0.1, 0.15) is 12.0 Å². The number of carbonyl (C=O) groups excluding carboxylic acids is 1. The SMILES string of the molecule is COc1ccc(CN(C)C(=O)C2CC(O)CN2)cc1. The van der Waals surface area contributed by atoms with Crippen LogP contribution in [0.15, 0.2) is 24.3 Å². The highest BCUT2D eigenvalue weighted by molar-refractivity contribution is 5.82. The van der Waals surface area contributed by atoms with Crippen LogP contribution in [0.4, 0.5) is 0 Å². The number of nitrogens with one attached hydrogen (secondary N) is 1. The molecule has 2 N–H and O–H groups in total. The number of methoxy groups -OCH3 is 1. The molecule has 1 amide bonds. The molecule has 1 aliphatic heterocycles. The van der Waals surface area contributed by atoms with Gasteiger partial charge in [0.05, 0.1) is 19.3 Å². The maximum Gasteiger partial charge on any atom is 0.239 e. The maximum absolute atomic E-state index is 12.1. The number of likely N-dealkylation sites (N-methyl/N-ethyl adjacent to an activating group) is 1. The number of aliphatic hydroxyl groups is 1. The summed E-state index contributed by atoms with van der Waals surface area (Å²) in [5, 5.41) is 12.5. The molecule has 1 aromatic carbocycles. The quantitative estimate of drug-likeness (QED) is 0.825. The zero-order valence-electron chi connectivity index (χ0n) is 11.3. The van der Waals surface area contributed by atoms with E-state index in [1.54, 1.807) is 19.1 Å². The van der Waals surface area contributed by atoms with E-state index in [1.165, 1.54) is 0 Å². The van der Waals surface area contributed by atoms with Gasteiger partial charge in [0.1, 0.15) is 5.75 Å². The van der Waals surface area contributed by atoms with Gasteiger partial charge in [-0.2, -0.15) is 0 Å². The topological polar surface area (TPSA) is 61.8 Å². The van der Waals surface area contributed by atoms with E-state index in [4.69, 9.17) is 4.74 Å². The molecule has 0 radical (unpaired) electrons. The summed E-state index contributed by atoms with van der Waals surface area (Å²) in [5.41, 5.74) is 1.05. The molecule has 2 rings (SSSR count). The molecule has 1 heterocycles. The van der Waals surface area contributed by atoms with Crippen LogP contribution in [-0.2, 0) is 11.3 Å². The van der Waals surface area contributed by atoms with Crippen LogP contribution in [0.3, 0.4) is 0 Å². The first-order valence-corrected chi connectivity index (χ1v) is 6.39. The summed E-state index contributed by atoms with van der Waals surface area (Å²) < 4.78 is 5.10. The van der Waals surface area contributed by atoms with Crippen molar-refractivity contribution in [1.29, 1.82) is 0 Å². The monoisotopic (exact) mass is 264 g/mol. The number of aliphatic hydroxyl groups excluding tert-OH is 1. The highest BCUT2D eigenvalue weighted by Crippen LogP contribution is 2.14. The third-order valence-electron chi connectivity index (χ3n) is 3.36. The minimum atomic E-state index is -0.414. The van der Waals surface area contributed by atoms with Crippen molar-refractivity contribution in [3.63, 3.8) is 0 Å². The summed E-state index contributed by atoms with van der Waals surface area (Å²) in [6, 6.07) is 7.38. The number of rotatable bonds is 4. The summed E-state index contributed by atoms with van der Waals surface area (Å²) in [7, 11) is 3.40. The van der Waals surface area contributed by atoms with Gasteiger partial charge < -0.3 is 20.1 Å². The predicted octanol–water partition coefficient (Wildman–Crippen LogP) is 0.376. The molecule has 0 aromatic heterocycles. The first kappa shape index (κ1) is 13.8. The molecule has 2 unspecified atom stereocenters. The number of nitrogens with zero attached hydrogens (tertiary/aromatic N) is 1. The lowest BCUT2D eigenvalue weighted by Crippen LogP contribution is -2.41. The van der Waals surface area contributed by atoms with E-state index >= 15 is 0 Å². The van der Waals surface area contributed by atoms with Crippen LogP contribution in [0.2, 0.25) is 0 Å². The number of carbonyl (C=O) groups is 1. The Kier molecular flexibility index (Phi) is 4.39. The third kappa shape index (κ3) is 3.45. The average Bonchev–Trinajstić information content (AvgIpc) is 2.85. The lowest BCUT2D eigenvalue weighted by atomic mass is 10.1. The Balaban J connectivity index is 1.92. The smallest absolute Gasteiger partial charge is 0.239 e. The molecule has 1 saturated heterocycles. The van der Waals surface area contributed by atoms with Crippen LogP contribution in [-0.4, -0.2) is 48.8 Å². The average molecular weight is 264 g/mol. The van der Waals surface area contributed by atoms with Crippen molar-refractivity contribution in [2.75, 3.05) is 20.7 Å². The minimum Gasteiger partial charge on any atom is -0.497 e. The first-order valence-electron chi connectivity index (χ1n) is 6.39. The van der Waals surface area contributed by atoms with Gasteiger partial charge in [0.15, 0.2) is 0 Å². The van der Waals surface area contributed by atoms with E-state index < -0.39 is 6.10 Å². The molecule has 5 heteroatoms. The summed E-state index contributed by atoms with van der Waals surface area (Å²) in [6.07, 6.45) is 0.0783. The number of benzene rings is 1. The fourth-order valence-electron chi connectivity index (χ4n) is 2.25. The molecular weight excluding hydrogens is 244 g/mol. The normalized spacial score (nSPS) is 22.3. The van der Waals surface area contributed by atoms with Gasteiger partial charge >= 0.3 is 0 Å². The number of β-amino-alcohol motifs (C(OH)–C–C–N with tert-alkyl or cyclic N) is 1. The maximum atomic E-state index is 12.1. The second kappa shape index (κ2) is 6.04. The van der Waals surface area contributed by atoms with E-state index in [9.17, 15) is 9.90 Å². The molecule has 1 fully saturated rings. The van der Waals surface area contributed by atoms with Crippen LogP contribution in [0, 0.1) is 0 Å². The standard InChI is InChI=1S/C14H20N2O3/c1-16(14(18)13-7-11(17)8-15-13)9-10-3-5-12(19-2)6-4-10/h3-6,11,13,15,17H,7-9H2,1-2H3. The van der Waals surface area contributed by atoms with Gasteiger partial charge in [-0.25, -0.2) is 0 Å². The molecule has 19 heavy (non-hydrogen) atoms. The van der Waals surface area contributed by atoms with E-state index in [0.29, 0.717) is 19.5 Å². The van der Waals surface area contributed by atoms with Crippen molar-refractivity contribution >= 4 is 5.91 Å². The van der Waals surface area contributed by atoms with E-state index in [1.807, 2.05) is 24.3 Å². The van der Waals surface area contributed by atoms with Gasteiger partial charge in [0, 0.05) is 20.1 Å². The summed E-state index contributed by atoms with van der Waals surface area (Å²) >= 11 is 0. The van der Waals surface area contributed by atoms with Crippen molar-refractivity contribution < 1.29 is 14.6 Å². The molecule has 0 aliphatic carbocycles. The highest BCUT2D eigenvalue weighted by Gasteiger charge is 2.29.